The molecule has 0 atom stereocenters. The van der Waals surface area contributed by atoms with Gasteiger partial charge < -0.3 is 19.0 Å². The Morgan fingerprint density at radius 3 is 3.06 bits per heavy atom. The van der Waals surface area contributed by atoms with Gasteiger partial charge in [-0.3, -0.25) is 4.79 Å². The molecular formula is C12H14N2O4. The van der Waals surface area contributed by atoms with Crippen molar-refractivity contribution in [2.24, 2.45) is 0 Å². The number of ether oxygens (including phenoxy) is 1. The van der Waals surface area contributed by atoms with Crippen LogP contribution in [0, 0.1) is 0 Å². The summed E-state index contributed by atoms with van der Waals surface area (Å²) in [7, 11) is 1.51. The third-order valence-electron chi connectivity index (χ3n) is 2.38. The van der Waals surface area contributed by atoms with Crippen LogP contribution in [0.25, 0.3) is 0 Å². The summed E-state index contributed by atoms with van der Waals surface area (Å²) < 4.78 is 15.0. The number of methoxy groups -OCH3 is 1. The van der Waals surface area contributed by atoms with Crippen LogP contribution in [0.2, 0.25) is 0 Å². The summed E-state index contributed by atoms with van der Waals surface area (Å²) in [6.45, 7) is 0.394. The first kappa shape index (κ1) is 12.2. The first-order valence-electron chi connectivity index (χ1n) is 5.56. The number of amides is 1. The number of aromatic nitrogens is 1. The Morgan fingerprint density at radius 2 is 2.39 bits per heavy atom. The topological polar surface area (TPSA) is 77.5 Å². The van der Waals surface area contributed by atoms with E-state index in [9.17, 15) is 4.79 Å². The third kappa shape index (κ3) is 3.38. The van der Waals surface area contributed by atoms with Gasteiger partial charge in [0.1, 0.15) is 11.5 Å². The molecule has 1 amide bonds. The summed E-state index contributed by atoms with van der Waals surface area (Å²) in [5.74, 6) is 1.70. The molecule has 0 spiro atoms. The Kier molecular flexibility index (Phi) is 4.01. The Balaban J connectivity index is 1.71. The van der Waals surface area contributed by atoms with Crippen molar-refractivity contribution in [3.8, 4) is 5.88 Å². The molecule has 0 aromatic carbocycles. The number of carbonyl (C=O) groups excluding carboxylic acids is 1. The van der Waals surface area contributed by atoms with Gasteiger partial charge in [0.2, 0.25) is 5.91 Å². The summed E-state index contributed by atoms with van der Waals surface area (Å²) in [4.78, 5) is 11.5. The van der Waals surface area contributed by atoms with E-state index >= 15 is 0 Å². The third-order valence-corrected chi connectivity index (χ3v) is 2.38. The molecule has 0 radical (unpaired) electrons. The fraction of sp³-hybridized carbons (Fsp3) is 0.333. The number of rotatable bonds is 6. The number of carbonyl (C=O) groups is 1. The van der Waals surface area contributed by atoms with Crippen LogP contribution in [-0.2, 0) is 17.8 Å². The average Bonchev–Trinajstić information content (AvgIpc) is 3.04. The van der Waals surface area contributed by atoms with Gasteiger partial charge in [0.15, 0.2) is 0 Å². The molecule has 6 nitrogen and oxygen atoms in total. The number of hydrogen-bond donors (Lipinski definition) is 1. The number of hydrogen-bond acceptors (Lipinski definition) is 5. The standard InChI is InChI=1S/C12H14N2O4/c1-16-12-7-9(18-14-12)4-5-11(15)13-8-10-3-2-6-17-10/h2-3,6-7H,4-5,8H2,1H3,(H,13,15). The van der Waals surface area contributed by atoms with Crippen LogP contribution in [0.4, 0.5) is 0 Å². The predicted molar refractivity (Wildman–Crippen MR) is 61.9 cm³/mol. The van der Waals surface area contributed by atoms with Gasteiger partial charge in [-0.15, -0.1) is 0 Å². The zero-order chi connectivity index (χ0) is 12.8. The molecule has 0 unspecified atom stereocenters. The van der Waals surface area contributed by atoms with E-state index in [4.69, 9.17) is 13.7 Å². The Bertz CT molecular complexity index is 490. The molecular weight excluding hydrogens is 236 g/mol. The maximum Gasteiger partial charge on any atom is 0.254 e. The van der Waals surface area contributed by atoms with E-state index in [2.05, 4.69) is 10.5 Å². The molecule has 0 saturated heterocycles. The molecule has 0 fully saturated rings. The molecule has 2 aromatic heterocycles. The minimum absolute atomic E-state index is 0.0678. The van der Waals surface area contributed by atoms with Crippen LogP contribution < -0.4 is 10.1 Å². The summed E-state index contributed by atoms with van der Waals surface area (Å²) in [5, 5.41) is 6.41. The Morgan fingerprint density at radius 1 is 1.50 bits per heavy atom. The van der Waals surface area contributed by atoms with Gasteiger partial charge in [0.25, 0.3) is 5.88 Å². The summed E-state index contributed by atoms with van der Waals surface area (Å²) in [6.07, 6.45) is 2.39. The van der Waals surface area contributed by atoms with Crippen molar-refractivity contribution in [2.45, 2.75) is 19.4 Å². The van der Waals surface area contributed by atoms with E-state index in [0.29, 0.717) is 31.0 Å². The van der Waals surface area contributed by atoms with Crippen LogP contribution in [0.1, 0.15) is 17.9 Å². The fourth-order valence-electron chi connectivity index (χ4n) is 1.43. The lowest BCUT2D eigenvalue weighted by molar-refractivity contribution is -0.121. The smallest absolute Gasteiger partial charge is 0.254 e. The van der Waals surface area contributed by atoms with Gasteiger partial charge in [-0.05, 0) is 17.3 Å². The van der Waals surface area contributed by atoms with Crippen LogP contribution in [0.5, 0.6) is 5.88 Å². The fourth-order valence-corrected chi connectivity index (χ4v) is 1.43. The Labute approximate surface area is 104 Å². The van der Waals surface area contributed by atoms with Crippen molar-refractivity contribution >= 4 is 5.91 Å². The monoisotopic (exact) mass is 250 g/mol. The lowest BCUT2D eigenvalue weighted by atomic mass is 10.2. The second-order valence-electron chi connectivity index (χ2n) is 3.69. The number of nitrogens with zero attached hydrogens (tertiary/aromatic N) is 1. The van der Waals surface area contributed by atoms with E-state index in [1.54, 1.807) is 18.4 Å². The first-order chi connectivity index (χ1) is 8.78. The number of furan rings is 1. The van der Waals surface area contributed by atoms with Crippen LogP contribution in [0.15, 0.2) is 33.4 Å². The summed E-state index contributed by atoms with van der Waals surface area (Å²) in [5.41, 5.74) is 0. The molecule has 0 bridgehead atoms. The minimum atomic E-state index is -0.0678. The molecule has 1 N–H and O–H groups in total. The maximum atomic E-state index is 11.5. The first-order valence-corrected chi connectivity index (χ1v) is 5.56. The molecule has 0 aliphatic rings. The maximum absolute atomic E-state index is 11.5. The van der Waals surface area contributed by atoms with Gasteiger partial charge in [0, 0.05) is 18.9 Å². The predicted octanol–water partition coefficient (Wildman–Crippen LogP) is 1.53. The van der Waals surface area contributed by atoms with E-state index in [1.165, 1.54) is 7.11 Å². The molecule has 2 heterocycles. The van der Waals surface area contributed by atoms with Crippen molar-refractivity contribution in [3.05, 3.63) is 36.0 Å². The largest absolute Gasteiger partial charge is 0.479 e. The van der Waals surface area contributed by atoms with Gasteiger partial charge in [-0.2, -0.15) is 0 Å². The highest BCUT2D eigenvalue weighted by molar-refractivity contribution is 5.75. The summed E-state index contributed by atoms with van der Waals surface area (Å²) in [6, 6.07) is 5.25. The van der Waals surface area contributed by atoms with Gasteiger partial charge in [-0.25, -0.2) is 0 Å². The zero-order valence-corrected chi connectivity index (χ0v) is 10.0. The molecule has 0 aliphatic heterocycles. The van der Waals surface area contributed by atoms with Crippen molar-refractivity contribution in [3.63, 3.8) is 0 Å². The average molecular weight is 250 g/mol. The van der Waals surface area contributed by atoms with Crippen molar-refractivity contribution in [1.82, 2.24) is 10.5 Å². The number of aryl methyl sites for hydroxylation is 1. The van der Waals surface area contributed by atoms with Crippen molar-refractivity contribution in [2.75, 3.05) is 7.11 Å². The molecule has 2 rings (SSSR count). The zero-order valence-electron chi connectivity index (χ0n) is 10.0. The lowest BCUT2D eigenvalue weighted by Crippen LogP contribution is -2.22. The van der Waals surface area contributed by atoms with Crippen LogP contribution in [-0.4, -0.2) is 18.2 Å². The quantitative estimate of drug-likeness (QED) is 0.841. The van der Waals surface area contributed by atoms with Crippen molar-refractivity contribution in [1.29, 1.82) is 0 Å². The summed E-state index contributed by atoms with van der Waals surface area (Å²) >= 11 is 0. The highest BCUT2D eigenvalue weighted by Crippen LogP contribution is 2.12. The second-order valence-corrected chi connectivity index (χ2v) is 3.69. The van der Waals surface area contributed by atoms with Gasteiger partial charge in [0.05, 0.1) is 19.9 Å². The van der Waals surface area contributed by atoms with Gasteiger partial charge in [-0.1, -0.05) is 0 Å². The SMILES string of the molecule is COc1cc(CCC(=O)NCc2ccco2)on1. The van der Waals surface area contributed by atoms with Crippen LogP contribution >= 0.6 is 0 Å². The molecule has 18 heavy (non-hydrogen) atoms. The molecule has 6 heteroatoms. The minimum Gasteiger partial charge on any atom is -0.479 e. The molecule has 96 valence electrons. The van der Waals surface area contributed by atoms with E-state index in [-0.39, 0.29) is 5.91 Å². The molecule has 0 saturated carbocycles. The van der Waals surface area contributed by atoms with E-state index < -0.39 is 0 Å². The Hall–Kier alpha value is -2.24. The van der Waals surface area contributed by atoms with Crippen LogP contribution in [0.3, 0.4) is 0 Å². The lowest BCUT2D eigenvalue weighted by Gasteiger charge is -2.01. The van der Waals surface area contributed by atoms with E-state index in [1.807, 2.05) is 6.07 Å². The van der Waals surface area contributed by atoms with Crippen molar-refractivity contribution < 1.29 is 18.5 Å². The van der Waals surface area contributed by atoms with E-state index in [0.717, 1.165) is 5.76 Å². The normalized spacial score (nSPS) is 10.3. The number of nitrogens with one attached hydrogen (secondary N) is 1. The molecule has 0 aliphatic carbocycles. The second kappa shape index (κ2) is 5.90. The highest BCUT2D eigenvalue weighted by atomic mass is 16.5. The van der Waals surface area contributed by atoms with Gasteiger partial charge >= 0.3 is 0 Å². The molecule has 2 aromatic rings. The highest BCUT2D eigenvalue weighted by Gasteiger charge is 2.07.